The van der Waals surface area contributed by atoms with Crippen molar-refractivity contribution in [3.8, 4) is 0 Å². The van der Waals surface area contributed by atoms with Crippen LogP contribution in [0.3, 0.4) is 0 Å². The Morgan fingerprint density at radius 2 is 2.28 bits per heavy atom. The Morgan fingerprint density at radius 1 is 1.56 bits per heavy atom. The minimum absolute atomic E-state index is 0.0788. The third kappa shape index (κ3) is 4.15. The van der Waals surface area contributed by atoms with Crippen molar-refractivity contribution in [2.24, 2.45) is 0 Å². The second-order valence-corrected chi connectivity index (χ2v) is 5.26. The topological polar surface area (TPSA) is 81.7 Å². The molecule has 0 aromatic carbocycles. The van der Waals surface area contributed by atoms with Crippen LogP contribution < -0.4 is 10.6 Å². The van der Waals surface area contributed by atoms with Crippen molar-refractivity contribution >= 4 is 23.6 Å². The molecule has 2 amide bonds. The molecule has 1 aliphatic rings. The van der Waals surface area contributed by atoms with Crippen LogP contribution in [0.2, 0.25) is 0 Å². The number of thioether (sulfide) groups is 1. The van der Waals surface area contributed by atoms with Crippen LogP contribution >= 0.6 is 11.8 Å². The molecular weight excluding hydrogens is 254 g/mol. The normalized spacial score (nSPS) is 23.5. The van der Waals surface area contributed by atoms with Gasteiger partial charge in [-0.3, -0.25) is 9.59 Å². The molecule has 0 aliphatic carbocycles. The Kier molecular flexibility index (Phi) is 6.45. The minimum Gasteiger partial charge on any atom is -0.372 e. The number of likely N-dealkylation sites (tertiary alicyclic amines) is 1. The van der Waals surface area contributed by atoms with Crippen LogP contribution in [-0.4, -0.2) is 66.2 Å². The maximum atomic E-state index is 11.6. The lowest BCUT2D eigenvalue weighted by Crippen LogP contribution is -2.39. The molecule has 6 nitrogen and oxygen atoms in total. The minimum atomic E-state index is -0.766. The van der Waals surface area contributed by atoms with Gasteiger partial charge in [0, 0.05) is 32.5 Å². The fourth-order valence-electron chi connectivity index (χ4n) is 1.84. The number of hydrogen-bond donors (Lipinski definition) is 3. The lowest BCUT2D eigenvalue weighted by Gasteiger charge is -2.22. The second kappa shape index (κ2) is 7.60. The number of nitrogens with zero attached hydrogens (tertiary/aromatic N) is 1. The fraction of sp³-hybridized carbons (Fsp3) is 0.818. The molecule has 0 aromatic heterocycles. The van der Waals surface area contributed by atoms with Gasteiger partial charge in [0.25, 0.3) is 0 Å². The summed E-state index contributed by atoms with van der Waals surface area (Å²) in [6.07, 6.45) is 1.68. The highest BCUT2D eigenvalue weighted by molar-refractivity contribution is 7.99. The van der Waals surface area contributed by atoms with Crippen molar-refractivity contribution in [2.75, 3.05) is 32.9 Å². The van der Waals surface area contributed by atoms with E-state index in [0.29, 0.717) is 19.5 Å². The van der Waals surface area contributed by atoms with Gasteiger partial charge in [-0.1, -0.05) is 0 Å². The third-order valence-electron chi connectivity index (χ3n) is 2.93. The predicted octanol–water partition coefficient (Wildman–Crippen LogP) is -1.01. The first kappa shape index (κ1) is 15.3. The highest BCUT2D eigenvalue weighted by atomic mass is 32.2. The maximum absolute atomic E-state index is 11.6. The van der Waals surface area contributed by atoms with Crippen LogP contribution in [0.4, 0.5) is 0 Å². The van der Waals surface area contributed by atoms with E-state index < -0.39 is 6.23 Å². The van der Waals surface area contributed by atoms with E-state index in [1.165, 1.54) is 16.7 Å². The van der Waals surface area contributed by atoms with Gasteiger partial charge in [0.05, 0.1) is 5.25 Å². The van der Waals surface area contributed by atoms with E-state index in [0.717, 1.165) is 0 Å². The summed E-state index contributed by atoms with van der Waals surface area (Å²) in [4.78, 5) is 24.5. The molecule has 1 saturated heterocycles. The Morgan fingerprint density at radius 3 is 2.83 bits per heavy atom. The molecule has 104 valence electrons. The summed E-state index contributed by atoms with van der Waals surface area (Å²) >= 11 is 1.48. The maximum Gasteiger partial charge on any atom is 0.225 e. The van der Waals surface area contributed by atoms with Crippen LogP contribution in [-0.2, 0) is 9.59 Å². The Bertz CT molecular complexity index is 301. The van der Waals surface area contributed by atoms with Crippen LogP contribution in [0.5, 0.6) is 0 Å². The van der Waals surface area contributed by atoms with Crippen LogP contribution in [0.1, 0.15) is 12.8 Å². The molecule has 2 unspecified atom stereocenters. The van der Waals surface area contributed by atoms with E-state index in [-0.39, 0.29) is 30.0 Å². The molecule has 1 rings (SSSR count). The average Bonchev–Trinajstić information content (AvgIpc) is 2.62. The first-order valence-corrected chi connectivity index (χ1v) is 7.30. The van der Waals surface area contributed by atoms with E-state index in [4.69, 9.17) is 0 Å². The van der Waals surface area contributed by atoms with Gasteiger partial charge in [-0.2, -0.15) is 11.8 Å². The molecule has 1 fully saturated rings. The zero-order valence-corrected chi connectivity index (χ0v) is 11.6. The SMILES string of the molecule is CNCCNC(=O)CCN1C(=O)CC(SC)C1O. The van der Waals surface area contributed by atoms with Crippen molar-refractivity contribution in [3.05, 3.63) is 0 Å². The van der Waals surface area contributed by atoms with Crippen LogP contribution in [0.15, 0.2) is 0 Å². The first-order chi connectivity index (χ1) is 8.60. The molecular formula is C11H21N3O3S. The fourth-order valence-corrected chi connectivity index (χ4v) is 2.54. The third-order valence-corrected chi connectivity index (χ3v) is 3.94. The van der Waals surface area contributed by atoms with E-state index in [9.17, 15) is 14.7 Å². The highest BCUT2D eigenvalue weighted by Crippen LogP contribution is 2.26. The summed E-state index contributed by atoms with van der Waals surface area (Å²) in [6, 6.07) is 0. The number of likely N-dealkylation sites (N-methyl/N-ethyl adjacent to an activating group) is 1. The van der Waals surface area contributed by atoms with Crippen molar-refractivity contribution in [1.29, 1.82) is 0 Å². The molecule has 0 saturated carbocycles. The molecule has 0 spiro atoms. The first-order valence-electron chi connectivity index (χ1n) is 6.01. The second-order valence-electron chi connectivity index (χ2n) is 4.18. The molecule has 1 aliphatic heterocycles. The molecule has 18 heavy (non-hydrogen) atoms. The quantitative estimate of drug-likeness (QED) is 0.519. The highest BCUT2D eigenvalue weighted by Gasteiger charge is 2.37. The summed E-state index contributed by atoms with van der Waals surface area (Å²) in [5.41, 5.74) is 0. The number of amides is 2. The van der Waals surface area contributed by atoms with Crippen LogP contribution in [0, 0.1) is 0 Å². The van der Waals surface area contributed by atoms with E-state index >= 15 is 0 Å². The molecule has 0 bridgehead atoms. The zero-order valence-electron chi connectivity index (χ0n) is 10.8. The van der Waals surface area contributed by atoms with Gasteiger partial charge in [0.1, 0.15) is 6.23 Å². The average molecular weight is 275 g/mol. The Labute approximate surface area is 111 Å². The number of carbonyl (C=O) groups excluding carboxylic acids is 2. The summed E-state index contributed by atoms with van der Waals surface area (Å²) in [5.74, 6) is -0.178. The van der Waals surface area contributed by atoms with Crippen molar-refractivity contribution in [2.45, 2.75) is 24.3 Å². The van der Waals surface area contributed by atoms with Gasteiger partial charge < -0.3 is 20.6 Å². The summed E-state index contributed by atoms with van der Waals surface area (Å²) in [7, 11) is 1.81. The summed E-state index contributed by atoms with van der Waals surface area (Å²) in [5, 5.41) is 15.5. The number of rotatable bonds is 7. The van der Waals surface area contributed by atoms with Crippen molar-refractivity contribution in [3.63, 3.8) is 0 Å². The Balaban J connectivity index is 2.30. The Hall–Kier alpha value is -0.790. The predicted molar refractivity (Wildman–Crippen MR) is 71.2 cm³/mol. The molecule has 1 heterocycles. The number of carbonyl (C=O) groups is 2. The van der Waals surface area contributed by atoms with Gasteiger partial charge in [-0.15, -0.1) is 0 Å². The summed E-state index contributed by atoms with van der Waals surface area (Å²) < 4.78 is 0. The molecule has 2 atom stereocenters. The molecule has 7 heteroatoms. The molecule has 3 N–H and O–H groups in total. The largest absolute Gasteiger partial charge is 0.372 e. The number of aliphatic hydroxyl groups is 1. The van der Waals surface area contributed by atoms with Crippen molar-refractivity contribution in [1.82, 2.24) is 15.5 Å². The van der Waals surface area contributed by atoms with Crippen molar-refractivity contribution < 1.29 is 14.7 Å². The lowest BCUT2D eigenvalue weighted by atomic mass is 10.3. The summed E-state index contributed by atoms with van der Waals surface area (Å²) in [6.45, 7) is 1.56. The monoisotopic (exact) mass is 275 g/mol. The number of aliphatic hydroxyl groups excluding tert-OH is 1. The van der Waals surface area contributed by atoms with Crippen LogP contribution in [0.25, 0.3) is 0 Å². The van der Waals surface area contributed by atoms with E-state index in [2.05, 4.69) is 10.6 Å². The van der Waals surface area contributed by atoms with Gasteiger partial charge in [-0.25, -0.2) is 0 Å². The van der Waals surface area contributed by atoms with E-state index in [1.54, 1.807) is 0 Å². The van der Waals surface area contributed by atoms with Gasteiger partial charge >= 0.3 is 0 Å². The van der Waals surface area contributed by atoms with Gasteiger partial charge in [0.15, 0.2) is 0 Å². The van der Waals surface area contributed by atoms with Gasteiger partial charge in [-0.05, 0) is 13.3 Å². The lowest BCUT2D eigenvalue weighted by molar-refractivity contribution is -0.134. The number of hydrogen-bond acceptors (Lipinski definition) is 5. The smallest absolute Gasteiger partial charge is 0.225 e. The standard InChI is InChI=1S/C11H21N3O3S/c1-12-4-5-13-9(15)3-6-14-10(16)7-8(18-2)11(14)17/h8,11-12,17H,3-7H2,1-2H3,(H,13,15). The number of nitrogens with one attached hydrogen (secondary N) is 2. The molecule has 0 radical (unpaired) electrons. The zero-order chi connectivity index (χ0) is 13.5. The molecule has 0 aromatic rings. The van der Waals surface area contributed by atoms with E-state index in [1.807, 2.05) is 13.3 Å². The van der Waals surface area contributed by atoms with Gasteiger partial charge in [0.2, 0.25) is 11.8 Å².